The number of fused-ring (bicyclic) bond motifs is 1. The average molecular weight is 431 g/mol. The van der Waals surface area contributed by atoms with Gasteiger partial charge in [0.1, 0.15) is 23.2 Å². The third-order valence-corrected chi connectivity index (χ3v) is 5.01. The summed E-state index contributed by atoms with van der Waals surface area (Å²) in [5.74, 6) is 4.36. The van der Waals surface area contributed by atoms with Gasteiger partial charge in [0.15, 0.2) is 0 Å². The minimum Gasteiger partial charge on any atom is -0.492 e. The second-order valence-electron chi connectivity index (χ2n) is 7.31. The van der Waals surface area contributed by atoms with Crippen molar-refractivity contribution in [3.8, 4) is 17.6 Å². The molecule has 0 atom stereocenters. The molecule has 0 bridgehead atoms. The number of hydrogen-bond acceptors (Lipinski definition) is 2. The van der Waals surface area contributed by atoms with E-state index >= 15 is 0 Å². The van der Waals surface area contributed by atoms with Crippen LogP contribution >= 0.6 is 0 Å². The lowest BCUT2D eigenvalue weighted by atomic mass is 10.0. The van der Waals surface area contributed by atoms with Crippen LogP contribution in [0.15, 0.2) is 66.9 Å². The fourth-order valence-corrected chi connectivity index (χ4v) is 3.40. The summed E-state index contributed by atoms with van der Waals surface area (Å²) in [7, 11) is 0. The Hall–Kier alpha value is -3.78. The van der Waals surface area contributed by atoms with Gasteiger partial charge in [-0.15, -0.1) is 0 Å². The van der Waals surface area contributed by atoms with E-state index in [-0.39, 0.29) is 11.4 Å². The van der Waals surface area contributed by atoms with Crippen LogP contribution in [-0.4, -0.2) is 11.6 Å². The Balaban J connectivity index is 1.49. The lowest BCUT2D eigenvalue weighted by Gasteiger charge is -2.06. The van der Waals surface area contributed by atoms with E-state index in [1.165, 1.54) is 24.3 Å². The van der Waals surface area contributed by atoms with Crippen molar-refractivity contribution in [2.75, 3.05) is 6.61 Å². The van der Waals surface area contributed by atoms with Crippen LogP contribution in [0.4, 0.5) is 13.2 Å². The van der Waals surface area contributed by atoms with Gasteiger partial charge >= 0.3 is 0 Å². The van der Waals surface area contributed by atoms with E-state index in [0.717, 1.165) is 16.5 Å². The molecule has 2 nitrogen and oxygen atoms in total. The maximum atomic E-state index is 14.6. The molecular weight excluding hydrogens is 411 g/mol. The van der Waals surface area contributed by atoms with E-state index in [1.54, 1.807) is 30.5 Å². The predicted octanol–water partition coefficient (Wildman–Crippen LogP) is 6.24. The van der Waals surface area contributed by atoms with Gasteiger partial charge < -0.3 is 4.74 Å². The van der Waals surface area contributed by atoms with Crippen LogP contribution in [-0.2, 0) is 12.8 Å². The molecule has 0 spiro atoms. The number of halogens is 3. The molecule has 0 fully saturated rings. The lowest BCUT2D eigenvalue weighted by molar-refractivity contribution is 0.338. The maximum Gasteiger partial charge on any atom is 0.142 e. The molecule has 3 aromatic carbocycles. The van der Waals surface area contributed by atoms with Crippen molar-refractivity contribution in [3.63, 3.8) is 0 Å². The number of hydrogen-bond donors (Lipinski definition) is 0. The molecule has 0 radical (unpaired) electrons. The summed E-state index contributed by atoms with van der Waals surface area (Å²) in [6, 6.07) is 15.9. The fourth-order valence-electron chi connectivity index (χ4n) is 3.40. The Morgan fingerprint density at radius 3 is 2.28 bits per heavy atom. The molecule has 1 aromatic heterocycles. The first-order chi connectivity index (χ1) is 15.5. The van der Waals surface area contributed by atoms with Gasteiger partial charge in [0.25, 0.3) is 0 Å². The summed E-state index contributed by atoms with van der Waals surface area (Å²) in [5.41, 5.74) is 1.67. The van der Waals surface area contributed by atoms with E-state index in [1.807, 2.05) is 19.1 Å². The molecular formula is C27H20F3NO. The van der Waals surface area contributed by atoms with Gasteiger partial charge in [-0.3, -0.25) is 4.98 Å². The van der Waals surface area contributed by atoms with Crippen molar-refractivity contribution in [2.24, 2.45) is 0 Å². The summed E-state index contributed by atoms with van der Waals surface area (Å²) in [5, 5.41) is 1.54. The first-order valence-electron chi connectivity index (χ1n) is 10.3. The first-order valence-corrected chi connectivity index (χ1v) is 10.3. The van der Waals surface area contributed by atoms with Crippen molar-refractivity contribution in [2.45, 2.75) is 19.8 Å². The molecule has 0 aliphatic carbocycles. The second kappa shape index (κ2) is 9.57. The lowest BCUT2D eigenvalue weighted by Crippen LogP contribution is -1.99. The third-order valence-electron chi connectivity index (χ3n) is 5.01. The largest absolute Gasteiger partial charge is 0.492 e. The van der Waals surface area contributed by atoms with Crippen LogP contribution in [0.5, 0.6) is 5.75 Å². The number of aryl methyl sites for hydroxylation is 2. The molecule has 0 aliphatic rings. The molecule has 0 aliphatic heterocycles. The molecule has 4 rings (SSSR count). The number of rotatable bonds is 5. The number of aromatic nitrogens is 1. The van der Waals surface area contributed by atoms with Crippen molar-refractivity contribution in [3.05, 3.63) is 107 Å². The molecule has 0 N–H and O–H groups in total. The van der Waals surface area contributed by atoms with Crippen LogP contribution in [0.2, 0.25) is 0 Å². The highest BCUT2D eigenvalue weighted by molar-refractivity contribution is 5.84. The summed E-state index contributed by atoms with van der Waals surface area (Å²) in [6.45, 7) is 2.46. The summed E-state index contributed by atoms with van der Waals surface area (Å²) >= 11 is 0. The minimum atomic E-state index is -0.699. The predicted molar refractivity (Wildman–Crippen MR) is 119 cm³/mol. The average Bonchev–Trinajstić information content (AvgIpc) is 2.78. The molecule has 0 saturated carbocycles. The van der Waals surface area contributed by atoms with Crippen LogP contribution < -0.4 is 4.74 Å². The molecule has 1 heterocycles. The normalized spacial score (nSPS) is 10.6. The zero-order valence-electron chi connectivity index (χ0n) is 17.5. The summed E-state index contributed by atoms with van der Waals surface area (Å²) in [6.07, 6.45) is 2.64. The quantitative estimate of drug-likeness (QED) is 0.349. The van der Waals surface area contributed by atoms with Gasteiger partial charge in [0, 0.05) is 11.3 Å². The standard InChI is InChI=1S/C27H20F3NO/c1-2-32-24-11-10-23(31-17-24)9-4-19-14-26(29)25(27(30)15-19)12-5-18-3-6-21-16-22(28)8-7-20(21)13-18/h3,6-8,10-11,13-17H,2,4,9H2,1H3. The summed E-state index contributed by atoms with van der Waals surface area (Å²) < 4.78 is 47.8. The molecule has 4 aromatic rings. The van der Waals surface area contributed by atoms with E-state index in [0.29, 0.717) is 36.3 Å². The second-order valence-corrected chi connectivity index (χ2v) is 7.31. The van der Waals surface area contributed by atoms with Crippen molar-refractivity contribution < 1.29 is 17.9 Å². The van der Waals surface area contributed by atoms with E-state index in [9.17, 15) is 13.2 Å². The maximum absolute atomic E-state index is 14.6. The van der Waals surface area contributed by atoms with Crippen LogP contribution in [0.1, 0.15) is 29.3 Å². The van der Waals surface area contributed by atoms with Crippen molar-refractivity contribution in [1.29, 1.82) is 0 Å². The van der Waals surface area contributed by atoms with Gasteiger partial charge in [-0.2, -0.15) is 0 Å². The van der Waals surface area contributed by atoms with Gasteiger partial charge in [-0.25, -0.2) is 13.2 Å². The van der Waals surface area contributed by atoms with Crippen LogP contribution in [0.3, 0.4) is 0 Å². The minimum absolute atomic E-state index is 0.271. The fraction of sp³-hybridized carbons (Fsp3) is 0.148. The number of pyridine rings is 1. The van der Waals surface area contributed by atoms with Crippen LogP contribution in [0, 0.1) is 29.3 Å². The van der Waals surface area contributed by atoms with Crippen LogP contribution in [0.25, 0.3) is 10.8 Å². The zero-order chi connectivity index (χ0) is 22.5. The van der Waals surface area contributed by atoms with E-state index < -0.39 is 11.6 Å². The van der Waals surface area contributed by atoms with Gasteiger partial charge in [-0.05, 0) is 84.6 Å². The van der Waals surface area contributed by atoms with Gasteiger partial charge in [0.2, 0.25) is 0 Å². The molecule has 0 saturated heterocycles. The van der Waals surface area contributed by atoms with E-state index in [4.69, 9.17) is 4.74 Å². The smallest absolute Gasteiger partial charge is 0.142 e. The monoisotopic (exact) mass is 431 g/mol. The highest BCUT2D eigenvalue weighted by Gasteiger charge is 2.10. The number of benzene rings is 3. The Morgan fingerprint density at radius 1 is 0.812 bits per heavy atom. The van der Waals surface area contributed by atoms with Gasteiger partial charge in [-0.1, -0.05) is 24.0 Å². The molecule has 5 heteroatoms. The summed E-state index contributed by atoms with van der Waals surface area (Å²) in [4.78, 5) is 4.31. The zero-order valence-corrected chi connectivity index (χ0v) is 17.5. The topological polar surface area (TPSA) is 22.1 Å². The third kappa shape index (κ3) is 5.09. The van der Waals surface area contributed by atoms with Crippen molar-refractivity contribution >= 4 is 10.8 Å². The Morgan fingerprint density at radius 2 is 1.56 bits per heavy atom. The molecule has 160 valence electrons. The Bertz CT molecular complexity index is 1300. The molecule has 0 unspecified atom stereocenters. The van der Waals surface area contributed by atoms with Gasteiger partial charge in [0.05, 0.1) is 18.4 Å². The highest BCUT2D eigenvalue weighted by atomic mass is 19.1. The van der Waals surface area contributed by atoms with Crippen molar-refractivity contribution in [1.82, 2.24) is 4.98 Å². The Labute approximate surface area is 184 Å². The first kappa shape index (κ1) is 21.5. The molecule has 0 amide bonds. The molecule has 32 heavy (non-hydrogen) atoms. The number of ether oxygens (including phenoxy) is 1. The highest BCUT2D eigenvalue weighted by Crippen LogP contribution is 2.19. The number of nitrogens with zero attached hydrogens (tertiary/aromatic N) is 1. The SMILES string of the molecule is CCOc1ccc(CCc2cc(F)c(C#Cc3ccc4cc(F)ccc4c3)c(F)c2)nc1. The Kier molecular flexibility index (Phi) is 6.42. The van der Waals surface area contributed by atoms with E-state index in [2.05, 4.69) is 16.8 Å².